The van der Waals surface area contributed by atoms with E-state index in [0.717, 1.165) is 11.9 Å². The third-order valence-corrected chi connectivity index (χ3v) is 5.49. The fourth-order valence-electron chi connectivity index (χ4n) is 3.90. The number of aryl methyl sites for hydroxylation is 1. The smallest absolute Gasteiger partial charge is 0.338 e. The molecule has 1 fully saturated rings. The summed E-state index contributed by atoms with van der Waals surface area (Å²) < 4.78 is 4.96. The zero-order chi connectivity index (χ0) is 22.0. The van der Waals surface area contributed by atoms with E-state index >= 15 is 0 Å². The van der Waals surface area contributed by atoms with Crippen LogP contribution in [-0.2, 0) is 20.7 Å². The SMILES string of the molecule is CCOC(=O)c1ccc(N2C(=O)C[C@H](NCCc3c[nH]c4ccc(C)cc34)C2=O)cc1. The lowest BCUT2D eigenvalue weighted by Gasteiger charge is -2.16. The molecule has 2 N–H and O–H groups in total. The van der Waals surface area contributed by atoms with E-state index in [1.807, 2.05) is 6.20 Å². The Morgan fingerprint density at radius 2 is 1.97 bits per heavy atom. The number of H-pyrrole nitrogens is 1. The molecule has 31 heavy (non-hydrogen) atoms. The van der Waals surface area contributed by atoms with Gasteiger partial charge in [-0.25, -0.2) is 9.69 Å². The number of benzene rings is 2. The Balaban J connectivity index is 1.39. The number of fused-ring (bicyclic) bond motifs is 1. The van der Waals surface area contributed by atoms with E-state index in [2.05, 4.69) is 35.4 Å². The van der Waals surface area contributed by atoms with Crippen molar-refractivity contribution < 1.29 is 19.1 Å². The number of carbonyl (C=O) groups excluding carboxylic acids is 3. The summed E-state index contributed by atoms with van der Waals surface area (Å²) in [5.41, 5.74) is 4.30. The largest absolute Gasteiger partial charge is 0.462 e. The number of hydrogen-bond donors (Lipinski definition) is 2. The number of ether oxygens (including phenoxy) is 1. The molecule has 0 saturated carbocycles. The summed E-state index contributed by atoms with van der Waals surface area (Å²) in [4.78, 5) is 41.6. The lowest BCUT2D eigenvalue weighted by Crippen LogP contribution is -2.39. The van der Waals surface area contributed by atoms with Gasteiger partial charge >= 0.3 is 5.97 Å². The molecule has 2 heterocycles. The Bertz CT molecular complexity index is 1130. The second kappa shape index (κ2) is 8.73. The van der Waals surface area contributed by atoms with Crippen molar-refractivity contribution in [3.05, 3.63) is 65.4 Å². The molecule has 1 saturated heterocycles. The van der Waals surface area contributed by atoms with Gasteiger partial charge in [-0.3, -0.25) is 9.59 Å². The van der Waals surface area contributed by atoms with Crippen molar-refractivity contribution in [2.45, 2.75) is 32.7 Å². The maximum absolute atomic E-state index is 12.8. The molecule has 1 aliphatic heterocycles. The number of anilines is 1. The topological polar surface area (TPSA) is 91.5 Å². The Morgan fingerprint density at radius 3 is 2.71 bits per heavy atom. The summed E-state index contributed by atoms with van der Waals surface area (Å²) in [7, 11) is 0. The van der Waals surface area contributed by atoms with E-state index in [1.54, 1.807) is 31.2 Å². The Labute approximate surface area is 180 Å². The average molecular weight is 419 g/mol. The number of rotatable bonds is 7. The summed E-state index contributed by atoms with van der Waals surface area (Å²) in [5.74, 6) is -0.960. The van der Waals surface area contributed by atoms with Crippen LogP contribution in [0.25, 0.3) is 10.9 Å². The first-order valence-electron chi connectivity index (χ1n) is 10.4. The summed E-state index contributed by atoms with van der Waals surface area (Å²) in [5, 5.41) is 4.40. The summed E-state index contributed by atoms with van der Waals surface area (Å²) in [6.07, 6.45) is 2.85. The normalized spacial score (nSPS) is 16.3. The van der Waals surface area contributed by atoms with E-state index in [9.17, 15) is 14.4 Å². The molecule has 0 spiro atoms. The zero-order valence-electron chi connectivity index (χ0n) is 17.6. The molecule has 1 atom stereocenters. The van der Waals surface area contributed by atoms with Gasteiger partial charge in [-0.1, -0.05) is 11.6 Å². The number of nitrogens with zero attached hydrogens (tertiary/aromatic N) is 1. The molecule has 2 amide bonds. The minimum atomic E-state index is -0.552. The molecule has 2 aromatic carbocycles. The van der Waals surface area contributed by atoms with Gasteiger partial charge in [0.1, 0.15) is 0 Å². The molecule has 0 bridgehead atoms. The second-order valence-electron chi connectivity index (χ2n) is 7.66. The zero-order valence-corrected chi connectivity index (χ0v) is 17.6. The highest BCUT2D eigenvalue weighted by Gasteiger charge is 2.39. The van der Waals surface area contributed by atoms with Crippen molar-refractivity contribution in [3.63, 3.8) is 0 Å². The maximum atomic E-state index is 12.8. The lowest BCUT2D eigenvalue weighted by molar-refractivity contribution is -0.121. The summed E-state index contributed by atoms with van der Waals surface area (Å²) >= 11 is 0. The predicted molar refractivity (Wildman–Crippen MR) is 118 cm³/mol. The average Bonchev–Trinajstić information content (AvgIpc) is 3.28. The van der Waals surface area contributed by atoms with Gasteiger partial charge in [0, 0.05) is 23.6 Å². The van der Waals surface area contributed by atoms with Crippen LogP contribution in [0.1, 0.15) is 34.8 Å². The Morgan fingerprint density at radius 1 is 1.19 bits per heavy atom. The standard InChI is InChI=1S/C24H25N3O4/c1-3-31-24(30)16-5-7-18(8-6-16)27-22(28)13-21(23(27)29)25-11-10-17-14-26-20-9-4-15(2)12-19(17)20/h4-9,12,14,21,25-26H,3,10-11,13H2,1-2H3/t21-/m0/s1. The van der Waals surface area contributed by atoms with Crippen LogP contribution >= 0.6 is 0 Å². The van der Waals surface area contributed by atoms with Crippen LogP contribution in [-0.4, -0.2) is 42.0 Å². The van der Waals surface area contributed by atoms with Crippen molar-refractivity contribution in [2.24, 2.45) is 0 Å². The van der Waals surface area contributed by atoms with Gasteiger partial charge in [0.2, 0.25) is 5.91 Å². The van der Waals surface area contributed by atoms with Crippen molar-refractivity contribution in [2.75, 3.05) is 18.1 Å². The van der Waals surface area contributed by atoms with Crippen LogP contribution in [0.2, 0.25) is 0 Å². The quantitative estimate of drug-likeness (QED) is 0.454. The fraction of sp³-hybridized carbons (Fsp3) is 0.292. The van der Waals surface area contributed by atoms with E-state index in [4.69, 9.17) is 4.74 Å². The molecule has 1 aromatic heterocycles. The first-order valence-corrected chi connectivity index (χ1v) is 10.4. The van der Waals surface area contributed by atoms with Gasteiger partial charge in [0.15, 0.2) is 0 Å². The lowest BCUT2D eigenvalue weighted by atomic mass is 10.1. The molecule has 7 heteroatoms. The minimum Gasteiger partial charge on any atom is -0.462 e. The number of aromatic amines is 1. The number of carbonyl (C=O) groups is 3. The highest BCUT2D eigenvalue weighted by atomic mass is 16.5. The molecule has 0 aliphatic carbocycles. The number of nitrogens with one attached hydrogen (secondary N) is 2. The molecule has 4 rings (SSSR count). The van der Waals surface area contributed by atoms with Crippen LogP contribution < -0.4 is 10.2 Å². The van der Waals surface area contributed by atoms with Crippen LogP contribution in [0, 0.1) is 6.92 Å². The van der Waals surface area contributed by atoms with Gasteiger partial charge in [-0.15, -0.1) is 0 Å². The molecule has 3 aromatic rings. The number of hydrogen-bond acceptors (Lipinski definition) is 5. The molecular weight excluding hydrogens is 394 g/mol. The van der Waals surface area contributed by atoms with Gasteiger partial charge in [0.05, 0.1) is 30.3 Å². The first kappa shape index (κ1) is 20.8. The van der Waals surface area contributed by atoms with Crippen LogP contribution in [0.5, 0.6) is 0 Å². The van der Waals surface area contributed by atoms with Crippen molar-refractivity contribution in [1.29, 1.82) is 0 Å². The maximum Gasteiger partial charge on any atom is 0.338 e. The van der Waals surface area contributed by atoms with E-state index in [0.29, 0.717) is 17.8 Å². The molecule has 0 unspecified atom stereocenters. The number of amides is 2. The van der Waals surface area contributed by atoms with E-state index in [-0.39, 0.29) is 24.8 Å². The highest BCUT2D eigenvalue weighted by molar-refractivity contribution is 6.22. The van der Waals surface area contributed by atoms with Gasteiger partial charge in [0.25, 0.3) is 5.91 Å². The third kappa shape index (κ3) is 4.22. The van der Waals surface area contributed by atoms with Crippen molar-refractivity contribution in [3.8, 4) is 0 Å². The number of imide groups is 1. The second-order valence-corrected chi connectivity index (χ2v) is 7.66. The molecule has 7 nitrogen and oxygen atoms in total. The highest BCUT2D eigenvalue weighted by Crippen LogP contribution is 2.24. The Kier molecular flexibility index (Phi) is 5.86. The van der Waals surface area contributed by atoms with Crippen molar-refractivity contribution in [1.82, 2.24) is 10.3 Å². The van der Waals surface area contributed by atoms with Gasteiger partial charge in [-0.05, 0) is 62.2 Å². The number of esters is 1. The summed E-state index contributed by atoms with van der Waals surface area (Å²) in [6, 6.07) is 12.0. The van der Waals surface area contributed by atoms with E-state index in [1.165, 1.54) is 21.4 Å². The molecule has 160 valence electrons. The fourth-order valence-corrected chi connectivity index (χ4v) is 3.90. The number of aromatic nitrogens is 1. The van der Waals surface area contributed by atoms with Gasteiger partial charge < -0.3 is 15.0 Å². The Hall–Kier alpha value is -3.45. The predicted octanol–water partition coefficient (Wildman–Crippen LogP) is 3.12. The van der Waals surface area contributed by atoms with Gasteiger partial charge in [-0.2, -0.15) is 0 Å². The molecule has 0 radical (unpaired) electrons. The molecular formula is C24H25N3O4. The van der Waals surface area contributed by atoms with Crippen LogP contribution in [0.15, 0.2) is 48.7 Å². The monoisotopic (exact) mass is 419 g/mol. The summed E-state index contributed by atoms with van der Waals surface area (Å²) in [6.45, 7) is 4.67. The van der Waals surface area contributed by atoms with Crippen molar-refractivity contribution >= 4 is 34.4 Å². The third-order valence-electron chi connectivity index (χ3n) is 5.49. The van der Waals surface area contributed by atoms with Crippen LogP contribution in [0.4, 0.5) is 5.69 Å². The molecule has 1 aliphatic rings. The van der Waals surface area contributed by atoms with E-state index < -0.39 is 12.0 Å². The van der Waals surface area contributed by atoms with Crippen LogP contribution in [0.3, 0.4) is 0 Å². The first-order chi connectivity index (χ1) is 15.0. The minimum absolute atomic E-state index is 0.117.